The first-order valence-electron chi connectivity index (χ1n) is 6.25. The fourth-order valence-electron chi connectivity index (χ4n) is 1.89. The summed E-state index contributed by atoms with van der Waals surface area (Å²) in [5.74, 6) is 0. The van der Waals surface area contributed by atoms with Crippen LogP contribution in [0.2, 0.25) is 10.0 Å². The first-order chi connectivity index (χ1) is 9.93. The molecular formula is C12H13Cl2N5O2. The van der Waals surface area contributed by atoms with Crippen LogP contribution in [0, 0.1) is 10.1 Å². The van der Waals surface area contributed by atoms with Gasteiger partial charge in [-0.25, -0.2) is 4.68 Å². The van der Waals surface area contributed by atoms with Gasteiger partial charge in [-0.2, -0.15) is 0 Å². The maximum Gasteiger partial charge on any atom is 0.272 e. The Balaban J connectivity index is 2.41. The highest BCUT2D eigenvalue weighted by atomic mass is 35.5. The van der Waals surface area contributed by atoms with Gasteiger partial charge in [-0.3, -0.25) is 10.1 Å². The third-order valence-corrected chi connectivity index (χ3v) is 3.51. The minimum atomic E-state index is -0.564. The van der Waals surface area contributed by atoms with Gasteiger partial charge in [0.05, 0.1) is 32.9 Å². The number of rotatable bonds is 5. The Labute approximate surface area is 130 Å². The van der Waals surface area contributed by atoms with Crippen LogP contribution in [-0.2, 0) is 0 Å². The Morgan fingerprint density at radius 1 is 1.43 bits per heavy atom. The summed E-state index contributed by atoms with van der Waals surface area (Å²) in [5, 5.41) is 18.9. The van der Waals surface area contributed by atoms with Crippen molar-refractivity contribution < 1.29 is 4.92 Å². The third-order valence-electron chi connectivity index (χ3n) is 2.93. The number of nitro groups is 1. The van der Waals surface area contributed by atoms with E-state index in [-0.39, 0.29) is 21.8 Å². The predicted molar refractivity (Wildman–Crippen MR) is 79.9 cm³/mol. The molecule has 1 aromatic heterocycles. The molecule has 2 rings (SSSR count). The van der Waals surface area contributed by atoms with Crippen molar-refractivity contribution in [3.63, 3.8) is 0 Å². The van der Waals surface area contributed by atoms with E-state index >= 15 is 0 Å². The standard InChI is InChI=1S/C12H13Cl2N5O2/c1-2-3-10(15)11-6-18(17-16-11)12-8(13)4-7(19(20)21)5-9(12)14/h4-6,10H,2-3,15H2,1H3. The number of nitrogens with zero attached hydrogens (tertiary/aromatic N) is 4. The van der Waals surface area contributed by atoms with E-state index < -0.39 is 4.92 Å². The summed E-state index contributed by atoms with van der Waals surface area (Å²) < 4.78 is 1.37. The second-order valence-corrected chi connectivity index (χ2v) is 5.31. The molecule has 1 heterocycles. The maximum atomic E-state index is 10.8. The Morgan fingerprint density at radius 3 is 2.57 bits per heavy atom. The van der Waals surface area contributed by atoms with Gasteiger partial charge in [0.25, 0.3) is 5.69 Å². The van der Waals surface area contributed by atoms with Crippen LogP contribution in [0.25, 0.3) is 5.69 Å². The SMILES string of the molecule is CCCC(N)c1cn(-c2c(Cl)cc([N+](=O)[O-])cc2Cl)nn1. The molecule has 9 heteroatoms. The molecule has 0 saturated heterocycles. The number of benzene rings is 1. The predicted octanol–water partition coefficient (Wildman–Crippen LogP) is 3.28. The summed E-state index contributed by atoms with van der Waals surface area (Å²) in [4.78, 5) is 10.2. The smallest absolute Gasteiger partial charge is 0.272 e. The molecular weight excluding hydrogens is 317 g/mol. The lowest BCUT2D eigenvalue weighted by Gasteiger charge is -2.07. The van der Waals surface area contributed by atoms with Crippen molar-refractivity contribution in [3.05, 3.63) is 44.2 Å². The van der Waals surface area contributed by atoms with Gasteiger partial charge >= 0.3 is 0 Å². The van der Waals surface area contributed by atoms with Crippen molar-refractivity contribution in [1.29, 1.82) is 0 Å². The lowest BCUT2D eigenvalue weighted by atomic mass is 10.1. The molecule has 0 aliphatic carbocycles. The van der Waals surface area contributed by atoms with Crippen molar-refractivity contribution in [2.45, 2.75) is 25.8 Å². The normalized spacial score (nSPS) is 12.4. The Hall–Kier alpha value is -1.70. The van der Waals surface area contributed by atoms with Gasteiger partial charge in [-0.15, -0.1) is 5.10 Å². The molecule has 21 heavy (non-hydrogen) atoms. The topological polar surface area (TPSA) is 99.9 Å². The van der Waals surface area contributed by atoms with Gasteiger partial charge in [0, 0.05) is 12.1 Å². The lowest BCUT2D eigenvalue weighted by molar-refractivity contribution is -0.384. The number of aromatic nitrogens is 3. The third kappa shape index (κ3) is 3.31. The fraction of sp³-hybridized carbons (Fsp3) is 0.333. The van der Waals surface area contributed by atoms with Gasteiger partial charge in [0.2, 0.25) is 0 Å². The second kappa shape index (κ2) is 6.38. The van der Waals surface area contributed by atoms with E-state index in [4.69, 9.17) is 28.9 Å². The minimum absolute atomic E-state index is 0.120. The molecule has 0 saturated carbocycles. The molecule has 2 aromatic rings. The lowest BCUT2D eigenvalue weighted by Crippen LogP contribution is -2.10. The summed E-state index contributed by atoms with van der Waals surface area (Å²) in [6.45, 7) is 2.02. The molecule has 1 unspecified atom stereocenters. The fourth-order valence-corrected chi connectivity index (χ4v) is 2.54. The molecule has 7 nitrogen and oxygen atoms in total. The summed E-state index contributed by atoms with van der Waals surface area (Å²) in [6, 6.07) is 2.21. The molecule has 1 aromatic carbocycles. The summed E-state index contributed by atoms with van der Waals surface area (Å²) in [6.07, 6.45) is 3.33. The maximum absolute atomic E-state index is 10.8. The quantitative estimate of drug-likeness (QED) is 0.670. The van der Waals surface area contributed by atoms with Crippen LogP contribution >= 0.6 is 23.2 Å². The van der Waals surface area contributed by atoms with Crippen LogP contribution in [-0.4, -0.2) is 19.9 Å². The highest BCUT2D eigenvalue weighted by Crippen LogP contribution is 2.33. The molecule has 0 aliphatic rings. The van der Waals surface area contributed by atoms with E-state index in [1.807, 2.05) is 6.92 Å². The van der Waals surface area contributed by atoms with Gasteiger partial charge < -0.3 is 5.73 Å². The number of nitrogens with two attached hydrogens (primary N) is 1. The Morgan fingerprint density at radius 2 is 2.05 bits per heavy atom. The number of halogens is 2. The van der Waals surface area contributed by atoms with Gasteiger partial charge in [-0.05, 0) is 6.42 Å². The molecule has 1 atom stereocenters. The average Bonchev–Trinajstić information content (AvgIpc) is 2.87. The number of non-ortho nitro benzene ring substituents is 1. The van der Waals surface area contributed by atoms with Crippen LogP contribution in [0.3, 0.4) is 0 Å². The van der Waals surface area contributed by atoms with Crippen LogP contribution in [0.1, 0.15) is 31.5 Å². The summed E-state index contributed by atoms with van der Waals surface area (Å²) in [5.41, 5.74) is 6.73. The van der Waals surface area contributed by atoms with Gasteiger partial charge in [-0.1, -0.05) is 41.8 Å². The monoisotopic (exact) mass is 329 g/mol. The zero-order valence-corrected chi connectivity index (χ0v) is 12.7. The molecule has 0 spiro atoms. The number of hydrogen-bond donors (Lipinski definition) is 1. The molecule has 0 radical (unpaired) electrons. The number of nitro benzene ring substituents is 1. The molecule has 0 bridgehead atoms. The average molecular weight is 330 g/mol. The zero-order valence-electron chi connectivity index (χ0n) is 11.2. The summed E-state index contributed by atoms with van der Waals surface area (Å²) >= 11 is 12.1. The van der Waals surface area contributed by atoms with Crippen molar-refractivity contribution in [1.82, 2.24) is 15.0 Å². The van der Waals surface area contributed by atoms with Crippen molar-refractivity contribution in [3.8, 4) is 5.69 Å². The molecule has 0 amide bonds. The van der Waals surface area contributed by atoms with Crippen molar-refractivity contribution >= 4 is 28.9 Å². The molecule has 2 N–H and O–H groups in total. The van der Waals surface area contributed by atoms with E-state index in [0.717, 1.165) is 12.8 Å². The highest BCUT2D eigenvalue weighted by Gasteiger charge is 2.18. The van der Waals surface area contributed by atoms with E-state index in [2.05, 4.69) is 10.3 Å². The molecule has 112 valence electrons. The van der Waals surface area contributed by atoms with E-state index in [1.165, 1.54) is 16.8 Å². The first kappa shape index (κ1) is 15.7. The van der Waals surface area contributed by atoms with Crippen LogP contribution in [0.4, 0.5) is 5.69 Å². The van der Waals surface area contributed by atoms with Gasteiger partial charge in [0.1, 0.15) is 5.69 Å². The van der Waals surface area contributed by atoms with Crippen LogP contribution < -0.4 is 5.73 Å². The Bertz CT molecular complexity index is 650. The van der Waals surface area contributed by atoms with Crippen molar-refractivity contribution in [2.24, 2.45) is 5.73 Å². The second-order valence-electron chi connectivity index (χ2n) is 4.50. The summed E-state index contributed by atoms with van der Waals surface area (Å²) in [7, 11) is 0. The minimum Gasteiger partial charge on any atom is -0.323 e. The van der Waals surface area contributed by atoms with E-state index in [1.54, 1.807) is 6.20 Å². The van der Waals surface area contributed by atoms with E-state index in [9.17, 15) is 10.1 Å². The molecule has 0 aliphatic heterocycles. The van der Waals surface area contributed by atoms with Gasteiger partial charge in [0.15, 0.2) is 0 Å². The highest BCUT2D eigenvalue weighted by molar-refractivity contribution is 6.38. The van der Waals surface area contributed by atoms with Crippen LogP contribution in [0.5, 0.6) is 0 Å². The molecule has 0 fully saturated rings. The zero-order chi connectivity index (χ0) is 15.6. The largest absolute Gasteiger partial charge is 0.323 e. The Kier molecular flexibility index (Phi) is 4.76. The number of hydrogen-bond acceptors (Lipinski definition) is 5. The first-order valence-corrected chi connectivity index (χ1v) is 7.01. The van der Waals surface area contributed by atoms with E-state index in [0.29, 0.717) is 11.4 Å². The van der Waals surface area contributed by atoms with Crippen molar-refractivity contribution in [2.75, 3.05) is 0 Å². The van der Waals surface area contributed by atoms with Crippen LogP contribution in [0.15, 0.2) is 18.3 Å².